The number of hydrogen-bond donors (Lipinski definition) is 1. The van der Waals surface area contributed by atoms with E-state index in [1.807, 2.05) is 0 Å². The number of hydrogen-bond acceptors (Lipinski definition) is 1. The number of benzene rings is 1. The van der Waals surface area contributed by atoms with Gasteiger partial charge in [0.25, 0.3) is 0 Å². The summed E-state index contributed by atoms with van der Waals surface area (Å²) in [7, 11) is 0. The molecule has 0 aliphatic heterocycles. The second-order valence-electron chi connectivity index (χ2n) is 4.66. The molecule has 0 radical (unpaired) electrons. The third-order valence-corrected chi connectivity index (χ3v) is 3.54. The Kier molecular flexibility index (Phi) is 4.02. The molecule has 108 valence electrons. The van der Waals surface area contributed by atoms with Crippen LogP contribution in [0.3, 0.4) is 0 Å². The van der Waals surface area contributed by atoms with Gasteiger partial charge in [0.15, 0.2) is 0 Å². The average molecular weight is 323 g/mol. The van der Waals surface area contributed by atoms with Crippen molar-refractivity contribution in [3.05, 3.63) is 40.2 Å². The molecule has 2 rings (SSSR count). The molecule has 0 spiro atoms. The summed E-state index contributed by atoms with van der Waals surface area (Å²) in [6.07, 6.45) is -4.62. The third kappa shape index (κ3) is 3.10. The van der Waals surface area contributed by atoms with Crippen LogP contribution in [-0.2, 0) is 0 Å². The maximum Gasteiger partial charge on any atom is 0.399 e. The third-order valence-electron chi connectivity index (χ3n) is 2.82. The van der Waals surface area contributed by atoms with Crippen LogP contribution in [0.1, 0.15) is 25.1 Å². The Bertz CT molecular complexity index is 622. The molecular formula is C13H11Cl2F3N2. The predicted octanol–water partition coefficient (Wildman–Crippen LogP) is 5.48. The highest BCUT2D eigenvalue weighted by Gasteiger charge is 2.42. The summed E-state index contributed by atoms with van der Waals surface area (Å²) in [5.74, 6) is -1.88. The molecule has 0 fully saturated rings. The van der Waals surface area contributed by atoms with Crippen molar-refractivity contribution in [1.82, 2.24) is 9.97 Å². The highest BCUT2D eigenvalue weighted by atomic mass is 35.5. The molecule has 1 N–H and O–H groups in total. The lowest BCUT2D eigenvalue weighted by Crippen LogP contribution is -2.22. The van der Waals surface area contributed by atoms with Crippen LogP contribution < -0.4 is 0 Å². The van der Waals surface area contributed by atoms with E-state index >= 15 is 0 Å². The van der Waals surface area contributed by atoms with Crippen molar-refractivity contribution in [2.24, 2.45) is 0 Å². The van der Waals surface area contributed by atoms with Crippen molar-refractivity contribution in [3.63, 3.8) is 0 Å². The largest absolute Gasteiger partial charge is 0.399 e. The number of nitrogens with one attached hydrogen (secondary N) is 1. The second kappa shape index (κ2) is 5.30. The van der Waals surface area contributed by atoms with Gasteiger partial charge in [0.1, 0.15) is 11.7 Å². The Morgan fingerprint density at radius 2 is 1.95 bits per heavy atom. The van der Waals surface area contributed by atoms with E-state index in [1.54, 1.807) is 6.92 Å². The van der Waals surface area contributed by atoms with Gasteiger partial charge < -0.3 is 4.98 Å². The summed E-state index contributed by atoms with van der Waals surface area (Å²) in [4.78, 5) is 6.64. The van der Waals surface area contributed by atoms with Crippen LogP contribution in [0.2, 0.25) is 10.0 Å². The van der Waals surface area contributed by atoms with E-state index in [2.05, 4.69) is 16.5 Å². The zero-order valence-corrected chi connectivity index (χ0v) is 12.0. The number of rotatable bonds is 3. The van der Waals surface area contributed by atoms with E-state index in [4.69, 9.17) is 23.2 Å². The van der Waals surface area contributed by atoms with Crippen molar-refractivity contribution in [2.75, 3.05) is 0 Å². The molecule has 7 heteroatoms. The fourth-order valence-corrected chi connectivity index (χ4v) is 2.23. The van der Waals surface area contributed by atoms with E-state index < -0.39 is 12.1 Å². The SMILES string of the molecule is C=C(C)CC(c1nc2cc(Cl)c(Cl)cc2[nH]1)C(F)(F)F. The van der Waals surface area contributed by atoms with Crippen molar-refractivity contribution in [1.29, 1.82) is 0 Å². The lowest BCUT2D eigenvalue weighted by Gasteiger charge is -2.18. The highest BCUT2D eigenvalue weighted by Crippen LogP contribution is 2.39. The number of aromatic amines is 1. The maximum absolute atomic E-state index is 13.1. The molecule has 0 aliphatic rings. The molecule has 0 saturated heterocycles. The minimum Gasteiger partial charge on any atom is -0.341 e. The second-order valence-corrected chi connectivity index (χ2v) is 5.48. The zero-order chi connectivity index (χ0) is 15.1. The van der Waals surface area contributed by atoms with Crippen LogP contribution in [0.15, 0.2) is 24.3 Å². The molecule has 0 bridgehead atoms. The van der Waals surface area contributed by atoms with Gasteiger partial charge in [-0.2, -0.15) is 13.2 Å². The van der Waals surface area contributed by atoms with Crippen LogP contribution >= 0.6 is 23.2 Å². The highest BCUT2D eigenvalue weighted by molar-refractivity contribution is 6.42. The first-order valence-corrected chi connectivity index (χ1v) is 6.50. The number of imidazole rings is 1. The summed E-state index contributed by atoms with van der Waals surface area (Å²) < 4.78 is 39.3. The van der Waals surface area contributed by atoms with Crippen molar-refractivity contribution >= 4 is 34.2 Å². The van der Waals surface area contributed by atoms with Gasteiger partial charge >= 0.3 is 6.18 Å². The fraction of sp³-hybridized carbons (Fsp3) is 0.308. The van der Waals surface area contributed by atoms with Gasteiger partial charge in [0.2, 0.25) is 0 Å². The summed E-state index contributed by atoms with van der Waals surface area (Å²) in [5.41, 5.74) is 1.21. The number of H-pyrrole nitrogens is 1. The average Bonchev–Trinajstić information content (AvgIpc) is 2.67. The Hall–Kier alpha value is -1.20. The molecule has 0 aliphatic carbocycles. The maximum atomic E-state index is 13.1. The van der Waals surface area contributed by atoms with Crippen molar-refractivity contribution in [3.8, 4) is 0 Å². The van der Waals surface area contributed by atoms with Gasteiger partial charge in [-0.15, -0.1) is 6.58 Å². The number of allylic oxidation sites excluding steroid dienone is 1. The number of fused-ring (bicyclic) bond motifs is 1. The standard InChI is InChI=1S/C13H11Cl2F3N2/c1-6(2)3-7(13(16,17)18)12-19-10-4-8(14)9(15)5-11(10)20-12/h4-5,7H,1,3H2,2H3,(H,19,20). The van der Waals surface area contributed by atoms with E-state index in [-0.39, 0.29) is 22.3 Å². The molecule has 2 aromatic rings. The first kappa shape index (κ1) is 15.2. The van der Waals surface area contributed by atoms with Crippen LogP contribution in [-0.4, -0.2) is 16.1 Å². The van der Waals surface area contributed by atoms with Crippen molar-refractivity contribution in [2.45, 2.75) is 25.4 Å². The molecule has 0 amide bonds. The van der Waals surface area contributed by atoms with Crippen LogP contribution in [0, 0.1) is 0 Å². The molecule has 0 saturated carbocycles. The molecule has 2 nitrogen and oxygen atoms in total. The van der Waals surface area contributed by atoms with E-state index in [9.17, 15) is 13.2 Å². The fourth-order valence-electron chi connectivity index (χ4n) is 1.91. The van der Waals surface area contributed by atoms with Crippen molar-refractivity contribution < 1.29 is 13.2 Å². The van der Waals surface area contributed by atoms with Crippen LogP contribution in [0.5, 0.6) is 0 Å². The molecule has 20 heavy (non-hydrogen) atoms. The Balaban J connectivity index is 2.51. The minimum atomic E-state index is -4.40. The van der Waals surface area contributed by atoms with E-state index in [0.29, 0.717) is 16.6 Å². The van der Waals surface area contributed by atoms with Gasteiger partial charge in [-0.3, -0.25) is 0 Å². The number of alkyl halides is 3. The summed E-state index contributed by atoms with van der Waals surface area (Å²) in [6.45, 7) is 5.08. The molecule has 1 atom stereocenters. The normalized spacial score (nSPS) is 13.7. The quantitative estimate of drug-likeness (QED) is 0.744. The zero-order valence-electron chi connectivity index (χ0n) is 10.5. The lowest BCUT2D eigenvalue weighted by molar-refractivity contribution is -0.151. The predicted molar refractivity (Wildman–Crippen MR) is 74.3 cm³/mol. The Morgan fingerprint density at radius 3 is 2.50 bits per heavy atom. The number of nitrogens with zero attached hydrogens (tertiary/aromatic N) is 1. The smallest absolute Gasteiger partial charge is 0.341 e. The monoisotopic (exact) mass is 322 g/mol. The molecule has 1 unspecified atom stereocenters. The first-order valence-electron chi connectivity index (χ1n) is 5.74. The Morgan fingerprint density at radius 1 is 1.35 bits per heavy atom. The number of halogens is 5. The minimum absolute atomic E-state index is 0.158. The molecule has 1 aromatic carbocycles. The molecule has 1 heterocycles. The van der Waals surface area contributed by atoms with Gasteiger partial charge in [-0.1, -0.05) is 28.8 Å². The topological polar surface area (TPSA) is 28.7 Å². The molecular weight excluding hydrogens is 312 g/mol. The van der Waals surface area contributed by atoms with Crippen LogP contribution in [0.4, 0.5) is 13.2 Å². The van der Waals surface area contributed by atoms with Gasteiger partial charge in [0, 0.05) is 0 Å². The lowest BCUT2D eigenvalue weighted by atomic mass is 10.00. The van der Waals surface area contributed by atoms with Crippen LogP contribution in [0.25, 0.3) is 11.0 Å². The van der Waals surface area contributed by atoms with Gasteiger partial charge in [-0.05, 0) is 25.5 Å². The van der Waals surface area contributed by atoms with Gasteiger partial charge in [-0.25, -0.2) is 4.98 Å². The number of aromatic nitrogens is 2. The Labute approximate surface area is 123 Å². The summed E-state index contributed by atoms with van der Waals surface area (Å²) in [6, 6.07) is 2.90. The summed E-state index contributed by atoms with van der Waals surface area (Å²) in [5, 5.41) is 0.513. The molecule has 1 aromatic heterocycles. The first-order chi connectivity index (χ1) is 9.18. The van der Waals surface area contributed by atoms with Gasteiger partial charge in [0.05, 0.1) is 21.1 Å². The summed E-state index contributed by atoms with van der Waals surface area (Å²) >= 11 is 11.7. The van der Waals surface area contributed by atoms with E-state index in [1.165, 1.54) is 12.1 Å². The van der Waals surface area contributed by atoms with E-state index in [0.717, 1.165) is 0 Å².